The molecule has 0 unspecified atom stereocenters. The van der Waals surface area contributed by atoms with Crippen molar-refractivity contribution < 1.29 is 0 Å². The van der Waals surface area contributed by atoms with E-state index in [9.17, 15) is 0 Å². The van der Waals surface area contributed by atoms with Gasteiger partial charge in [-0.25, -0.2) is 15.8 Å². The molecular formula is C12H16N6. The highest BCUT2D eigenvalue weighted by molar-refractivity contribution is 5.56. The summed E-state index contributed by atoms with van der Waals surface area (Å²) >= 11 is 0. The highest BCUT2D eigenvalue weighted by atomic mass is 15.3. The first-order valence-corrected chi connectivity index (χ1v) is 5.61. The maximum atomic E-state index is 5.40. The van der Waals surface area contributed by atoms with Gasteiger partial charge in [-0.1, -0.05) is 6.07 Å². The van der Waals surface area contributed by atoms with Crippen molar-refractivity contribution in [2.75, 3.05) is 17.4 Å². The first kappa shape index (κ1) is 12.3. The van der Waals surface area contributed by atoms with Crippen LogP contribution >= 0.6 is 0 Å². The summed E-state index contributed by atoms with van der Waals surface area (Å²) < 4.78 is 0. The van der Waals surface area contributed by atoms with Crippen molar-refractivity contribution in [1.82, 2.24) is 15.0 Å². The molecule has 0 saturated heterocycles. The zero-order chi connectivity index (χ0) is 13.0. The average Bonchev–Trinajstić information content (AvgIpc) is 2.40. The summed E-state index contributed by atoms with van der Waals surface area (Å²) in [6.45, 7) is 2.61. The Hall–Kier alpha value is -2.21. The fourth-order valence-electron chi connectivity index (χ4n) is 1.78. The second-order valence-corrected chi connectivity index (χ2v) is 3.99. The Morgan fingerprint density at radius 1 is 1.28 bits per heavy atom. The molecule has 6 nitrogen and oxygen atoms in total. The maximum absolute atomic E-state index is 5.40. The Morgan fingerprint density at radius 3 is 2.78 bits per heavy atom. The standard InChI is InChI=1S/C12H16N6/c1-9-11(17-13)15-8-16-12(9)18(2)7-10-5-3-4-6-14-10/h3-6,8H,7,13H2,1-2H3,(H,15,16,17). The molecule has 0 atom stereocenters. The molecule has 0 aliphatic heterocycles. The van der Waals surface area contributed by atoms with Gasteiger partial charge in [-0.3, -0.25) is 4.98 Å². The van der Waals surface area contributed by atoms with Crippen LogP contribution in [0.4, 0.5) is 11.6 Å². The molecule has 2 aromatic rings. The second-order valence-electron chi connectivity index (χ2n) is 3.99. The number of hydrogen-bond acceptors (Lipinski definition) is 6. The number of nitrogens with one attached hydrogen (secondary N) is 1. The van der Waals surface area contributed by atoms with E-state index in [1.54, 1.807) is 6.20 Å². The molecule has 0 bridgehead atoms. The summed E-state index contributed by atoms with van der Waals surface area (Å²) in [5.41, 5.74) is 4.46. The number of aromatic nitrogens is 3. The molecule has 18 heavy (non-hydrogen) atoms. The van der Waals surface area contributed by atoms with E-state index in [4.69, 9.17) is 5.84 Å². The van der Waals surface area contributed by atoms with Gasteiger partial charge in [-0.05, 0) is 19.1 Å². The topological polar surface area (TPSA) is 80.0 Å². The number of hydrazine groups is 1. The van der Waals surface area contributed by atoms with E-state index in [0.717, 1.165) is 17.1 Å². The smallest absolute Gasteiger partial charge is 0.148 e. The Bertz CT molecular complexity index is 513. The summed E-state index contributed by atoms with van der Waals surface area (Å²) in [7, 11) is 1.96. The first-order valence-electron chi connectivity index (χ1n) is 5.61. The molecule has 2 rings (SSSR count). The highest BCUT2D eigenvalue weighted by Crippen LogP contribution is 2.21. The Kier molecular flexibility index (Phi) is 3.69. The summed E-state index contributed by atoms with van der Waals surface area (Å²) in [6, 6.07) is 5.85. The Balaban J connectivity index is 2.21. The quantitative estimate of drug-likeness (QED) is 0.619. The molecule has 2 heterocycles. The second kappa shape index (κ2) is 5.42. The third kappa shape index (κ3) is 2.54. The van der Waals surface area contributed by atoms with Crippen LogP contribution in [-0.2, 0) is 6.54 Å². The zero-order valence-electron chi connectivity index (χ0n) is 10.5. The number of anilines is 2. The van der Waals surface area contributed by atoms with Gasteiger partial charge in [0.25, 0.3) is 0 Å². The van der Waals surface area contributed by atoms with Crippen LogP contribution in [0.25, 0.3) is 0 Å². The first-order chi connectivity index (χ1) is 8.72. The molecule has 2 aromatic heterocycles. The molecule has 0 amide bonds. The van der Waals surface area contributed by atoms with Gasteiger partial charge in [0.1, 0.15) is 18.0 Å². The van der Waals surface area contributed by atoms with E-state index in [-0.39, 0.29) is 0 Å². The number of pyridine rings is 1. The number of nitrogens with zero attached hydrogens (tertiary/aromatic N) is 4. The molecule has 0 aliphatic carbocycles. The largest absolute Gasteiger partial charge is 0.353 e. The minimum absolute atomic E-state index is 0.632. The van der Waals surface area contributed by atoms with Gasteiger partial charge in [0.15, 0.2) is 0 Å². The fourth-order valence-corrected chi connectivity index (χ4v) is 1.78. The van der Waals surface area contributed by atoms with Gasteiger partial charge < -0.3 is 10.3 Å². The molecule has 0 aromatic carbocycles. The van der Waals surface area contributed by atoms with Gasteiger partial charge in [-0.2, -0.15) is 0 Å². The van der Waals surface area contributed by atoms with Gasteiger partial charge in [0.2, 0.25) is 0 Å². The van der Waals surface area contributed by atoms with Crippen LogP contribution < -0.4 is 16.2 Å². The number of rotatable bonds is 4. The molecule has 6 heteroatoms. The molecule has 0 spiro atoms. The lowest BCUT2D eigenvalue weighted by Crippen LogP contribution is -2.21. The fraction of sp³-hybridized carbons (Fsp3) is 0.250. The average molecular weight is 244 g/mol. The normalized spacial score (nSPS) is 10.2. The predicted molar refractivity (Wildman–Crippen MR) is 70.9 cm³/mol. The van der Waals surface area contributed by atoms with Crippen molar-refractivity contribution in [3.05, 3.63) is 42.0 Å². The summed E-state index contributed by atoms with van der Waals surface area (Å²) in [6.07, 6.45) is 3.27. The van der Waals surface area contributed by atoms with Crippen molar-refractivity contribution in [3.63, 3.8) is 0 Å². The van der Waals surface area contributed by atoms with Crippen LogP contribution in [0.2, 0.25) is 0 Å². The van der Waals surface area contributed by atoms with Crippen LogP contribution in [0, 0.1) is 6.92 Å². The van der Waals surface area contributed by atoms with E-state index in [2.05, 4.69) is 20.4 Å². The van der Waals surface area contributed by atoms with E-state index in [1.807, 2.05) is 37.1 Å². The Morgan fingerprint density at radius 2 is 2.11 bits per heavy atom. The monoisotopic (exact) mass is 244 g/mol. The van der Waals surface area contributed by atoms with E-state index in [0.29, 0.717) is 12.4 Å². The predicted octanol–water partition coefficient (Wildman–Crippen LogP) is 1.10. The van der Waals surface area contributed by atoms with E-state index < -0.39 is 0 Å². The van der Waals surface area contributed by atoms with Crippen LogP contribution in [0.1, 0.15) is 11.3 Å². The van der Waals surface area contributed by atoms with Crippen LogP contribution in [0.5, 0.6) is 0 Å². The molecule has 3 N–H and O–H groups in total. The van der Waals surface area contributed by atoms with Crippen molar-refractivity contribution in [2.45, 2.75) is 13.5 Å². The molecule has 0 fully saturated rings. The van der Waals surface area contributed by atoms with Crippen LogP contribution in [0.15, 0.2) is 30.7 Å². The van der Waals surface area contributed by atoms with Crippen molar-refractivity contribution in [3.8, 4) is 0 Å². The molecule has 0 aliphatic rings. The minimum Gasteiger partial charge on any atom is -0.353 e. The molecule has 0 radical (unpaired) electrons. The van der Waals surface area contributed by atoms with Crippen molar-refractivity contribution in [1.29, 1.82) is 0 Å². The zero-order valence-corrected chi connectivity index (χ0v) is 10.5. The van der Waals surface area contributed by atoms with Crippen LogP contribution in [-0.4, -0.2) is 22.0 Å². The van der Waals surface area contributed by atoms with Crippen molar-refractivity contribution >= 4 is 11.6 Å². The summed E-state index contributed by atoms with van der Waals surface area (Å²) in [4.78, 5) is 14.6. The van der Waals surface area contributed by atoms with Crippen molar-refractivity contribution in [2.24, 2.45) is 5.84 Å². The lowest BCUT2D eigenvalue weighted by Gasteiger charge is -2.20. The lowest BCUT2D eigenvalue weighted by atomic mass is 10.2. The Labute approximate surface area is 106 Å². The summed E-state index contributed by atoms with van der Waals surface area (Å²) in [5, 5.41) is 0. The summed E-state index contributed by atoms with van der Waals surface area (Å²) in [5.74, 6) is 6.87. The van der Waals surface area contributed by atoms with Gasteiger partial charge in [-0.15, -0.1) is 0 Å². The van der Waals surface area contributed by atoms with Gasteiger partial charge in [0, 0.05) is 18.8 Å². The SMILES string of the molecule is Cc1c(NN)ncnc1N(C)Cc1ccccn1. The third-order valence-electron chi connectivity index (χ3n) is 2.68. The van der Waals surface area contributed by atoms with Crippen LogP contribution in [0.3, 0.4) is 0 Å². The number of nitrogens with two attached hydrogens (primary N) is 1. The maximum Gasteiger partial charge on any atom is 0.148 e. The lowest BCUT2D eigenvalue weighted by molar-refractivity contribution is 0.854. The number of nitrogen functional groups attached to an aromatic ring is 1. The molecule has 0 saturated carbocycles. The number of hydrogen-bond donors (Lipinski definition) is 2. The van der Waals surface area contributed by atoms with E-state index in [1.165, 1.54) is 6.33 Å². The molecular weight excluding hydrogens is 228 g/mol. The highest BCUT2D eigenvalue weighted by Gasteiger charge is 2.10. The molecule has 94 valence electrons. The third-order valence-corrected chi connectivity index (χ3v) is 2.68. The minimum atomic E-state index is 0.632. The van der Waals surface area contributed by atoms with E-state index >= 15 is 0 Å². The van der Waals surface area contributed by atoms with Gasteiger partial charge in [0.05, 0.1) is 12.2 Å². The van der Waals surface area contributed by atoms with Gasteiger partial charge >= 0.3 is 0 Å².